The van der Waals surface area contributed by atoms with E-state index in [1.54, 1.807) is 11.3 Å². The van der Waals surface area contributed by atoms with E-state index in [0.29, 0.717) is 5.56 Å². The molecule has 29 heavy (non-hydrogen) atoms. The van der Waals surface area contributed by atoms with E-state index >= 15 is 0 Å². The Hall–Kier alpha value is -2.26. The highest BCUT2D eigenvalue weighted by molar-refractivity contribution is 7.22. The molecule has 152 valence electrons. The average molecular weight is 407 g/mol. The van der Waals surface area contributed by atoms with E-state index in [1.165, 1.54) is 15.7 Å². The van der Waals surface area contributed by atoms with Crippen molar-refractivity contribution < 1.29 is 10.2 Å². The Kier molecular flexibility index (Phi) is 5.96. The van der Waals surface area contributed by atoms with E-state index < -0.39 is 0 Å². The average Bonchev–Trinajstić information content (AvgIpc) is 3.11. The normalized spacial score (nSPS) is 16.9. The Morgan fingerprint density at radius 1 is 1.10 bits per heavy atom. The van der Waals surface area contributed by atoms with Crippen LogP contribution in [0, 0.1) is 0 Å². The number of phenolic OH excluding ortho intramolecular Hbond substituents is 2. The van der Waals surface area contributed by atoms with Crippen molar-refractivity contribution in [2.75, 3.05) is 0 Å². The van der Waals surface area contributed by atoms with Crippen molar-refractivity contribution in [1.82, 2.24) is 0 Å². The zero-order valence-electron chi connectivity index (χ0n) is 17.4. The van der Waals surface area contributed by atoms with Crippen molar-refractivity contribution in [3.8, 4) is 21.9 Å². The molecule has 0 bridgehead atoms. The van der Waals surface area contributed by atoms with Gasteiger partial charge in [0, 0.05) is 26.6 Å². The fraction of sp³-hybridized carbons (Fsp3) is 0.385. The Balaban J connectivity index is 1.87. The molecule has 0 amide bonds. The van der Waals surface area contributed by atoms with Crippen LogP contribution in [0.1, 0.15) is 69.4 Å². The molecule has 4 rings (SSSR count). The van der Waals surface area contributed by atoms with Gasteiger partial charge in [0.1, 0.15) is 11.5 Å². The summed E-state index contributed by atoms with van der Waals surface area (Å²) >= 11 is 1.72. The third-order valence-corrected chi connectivity index (χ3v) is 7.20. The van der Waals surface area contributed by atoms with Crippen LogP contribution in [0.15, 0.2) is 48.0 Å². The lowest BCUT2D eigenvalue weighted by molar-refractivity contribution is 0.429. The van der Waals surface area contributed by atoms with Gasteiger partial charge in [-0.15, -0.1) is 11.3 Å². The molecule has 1 unspecified atom stereocenters. The quantitative estimate of drug-likeness (QED) is 0.322. The lowest BCUT2D eigenvalue weighted by atomic mass is 9.83. The molecule has 1 atom stereocenters. The van der Waals surface area contributed by atoms with Crippen LogP contribution in [0.4, 0.5) is 0 Å². The minimum Gasteiger partial charge on any atom is -0.507 e. The van der Waals surface area contributed by atoms with E-state index in [0.717, 1.165) is 60.9 Å². The number of aromatic hydroxyl groups is 2. The largest absolute Gasteiger partial charge is 0.507 e. The lowest BCUT2D eigenvalue weighted by Crippen LogP contribution is -2.04. The number of aryl methyl sites for hydroxylation is 1. The van der Waals surface area contributed by atoms with Crippen molar-refractivity contribution >= 4 is 21.4 Å². The zero-order chi connectivity index (χ0) is 20.4. The smallest absolute Gasteiger partial charge is 0.131 e. The number of allylic oxidation sites excluding steroid dienone is 2. The third-order valence-electron chi connectivity index (χ3n) is 6.06. The molecule has 2 N–H and O–H groups in total. The first-order valence-corrected chi connectivity index (χ1v) is 11.6. The van der Waals surface area contributed by atoms with Gasteiger partial charge in [-0.2, -0.15) is 0 Å². The molecule has 3 aromatic rings. The first-order chi connectivity index (χ1) is 14.1. The van der Waals surface area contributed by atoms with Gasteiger partial charge in [-0.25, -0.2) is 0 Å². The second kappa shape index (κ2) is 8.62. The Labute approximate surface area is 177 Å². The minimum absolute atomic E-state index is 0.0848. The molecule has 3 heteroatoms. The SMILES string of the molecule is CCCCCc1cc(O)c(C2C=C(C)CCC2)c(O)c1-c1cc2ccccc2s1. The Morgan fingerprint density at radius 2 is 1.93 bits per heavy atom. The lowest BCUT2D eigenvalue weighted by Gasteiger charge is -2.24. The van der Waals surface area contributed by atoms with Gasteiger partial charge in [0.2, 0.25) is 0 Å². The van der Waals surface area contributed by atoms with Crippen LogP contribution in [0.3, 0.4) is 0 Å². The van der Waals surface area contributed by atoms with E-state index in [4.69, 9.17) is 0 Å². The van der Waals surface area contributed by atoms with Crippen LogP contribution in [-0.4, -0.2) is 10.2 Å². The Morgan fingerprint density at radius 3 is 2.69 bits per heavy atom. The molecule has 1 heterocycles. The van der Waals surface area contributed by atoms with E-state index in [-0.39, 0.29) is 17.4 Å². The van der Waals surface area contributed by atoms with Crippen molar-refractivity contribution in [2.45, 2.75) is 64.7 Å². The van der Waals surface area contributed by atoms with Gasteiger partial charge >= 0.3 is 0 Å². The molecule has 1 aliphatic rings. The van der Waals surface area contributed by atoms with Gasteiger partial charge in [0.05, 0.1) is 0 Å². The van der Waals surface area contributed by atoms with Crippen LogP contribution < -0.4 is 0 Å². The molecule has 0 saturated carbocycles. The van der Waals surface area contributed by atoms with Gasteiger partial charge in [-0.3, -0.25) is 0 Å². The summed E-state index contributed by atoms with van der Waals surface area (Å²) < 4.78 is 1.23. The van der Waals surface area contributed by atoms with Crippen LogP contribution in [0.5, 0.6) is 11.5 Å². The summed E-state index contributed by atoms with van der Waals surface area (Å²) in [6, 6.07) is 12.5. The maximum Gasteiger partial charge on any atom is 0.131 e. The number of unbranched alkanes of at least 4 members (excludes halogenated alkanes) is 2. The molecule has 2 aromatic carbocycles. The second-order valence-corrected chi connectivity index (χ2v) is 9.39. The topological polar surface area (TPSA) is 40.5 Å². The molecular weight excluding hydrogens is 376 g/mol. The summed E-state index contributed by atoms with van der Waals surface area (Å²) in [5.74, 6) is 0.607. The van der Waals surface area contributed by atoms with Crippen molar-refractivity contribution in [2.24, 2.45) is 0 Å². The summed E-state index contributed by atoms with van der Waals surface area (Å²) in [4.78, 5) is 1.09. The second-order valence-electron chi connectivity index (χ2n) is 8.31. The number of fused-ring (bicyclic) bond motifs is 1. The molecular formula is C26H30O2S. The molecule has 0 aliphatic heterocycles. The first-order valence-electron chi connectivity index (χ1n) is 10.8. The standard InChI is InChI=1S/C26H30O2S/c1-3-4-5-11-20-15-21(27)24(19-12-8-9-17(2)14-19)26(28)25(20)23-16-18-10-6-7-13-22(18)29-23/h6-7,10,13-16,19,27-28H,3-5,8-9,11-12H2,1-2H3. The highest BCUT2D eigenvalue weighted by atomic mass is 32.1. The van der Waals surface area contributed by atoms with Gasteiger partial charge < -0.3 is 10.2 Å². The molecule has 0 radical (unpaired) electrons. The number of hydrogen-bond acceptors (Lipinski definition) is 3. The summed E-state index contributed by atoms with van der Waals surface area (Å²) in [6.07, 6.45) is 9.65. The van der Waals surface area contributed by atoms with Gasteiger partial charge in [0.25, 0.3) is 0 Å². The number of rotatable bonds is 6. The fourth-order valence-electron chi connectivity index (χ4n) is 4.57. The van der Waals surface area contributed by atoms with Crippen LogP contribution in [-0.2, 0) is 6.42 Å². The van der Waals surface area contributed by atoms with Gasteiger partial charge in [0.15, 0.2) is 0 Å². The summed E-state index contributed by atoms with van der Waals surface area (Å²) in [7, 11) is 0. The van der Waals surface area contributed by atoms with Crippen molar-refractivity contribution in [1.29, 1.82) is 0 Å². The molecule has 1 aliphatic carbocycles. The number of hydrogen-bond donors (Lipinski definition) is 2. The highest BCUT2D eigenvalue weighted by Crippen LogP contribution is 2.49. The predicted octanol–water partition coefficient (Wildman–Crippen LogP) is 7.93. The number of thiophene rings is 1. The third kappa shape index (κ3) is 4.06. The fourth-order valence-corrected chi connectivity index (χ4v) is 5.71. The van der Waals surface area contributed by atoms with Crippen LogP contribution in [0.2, 0.25) is 0 Å². The maximum atomic E-state index is 11.4. The summed E-state index contributed by atoms with van der Waals surface area (Å²) in [5.41, 5.74) is 4.03. The Bertz CT molecular complexity index is 1010. The molecule has 0 spiro atoms. The van der Waals surface area contributed by atoms with E-state index in [1.807, 2.05) is 6.07 Å². The molecule has 1 aromatic heterocycles. The van der Waals surface area contributed by atoms with Crippen LogP contribution >= 0.6 is 11.3 Å². The van der Waals surface area contributed by atoms with Crippen molar-refractivity contribution in [3.63, 3.8) is 0 Å². The predicted molar refractivity (Wildman–Crippen MR) is 124 cm³/mol. The monoisotopic (exact) mass is 406 g/mol. The zero-order valence-corrected chi connectivity index (χ0v) is 18.2. The molecule has 0 saturated heterocycles. The highest BCUT2D eigenvalue weighted by Gasteiger charge is 2.26. The number of phenols is 2. The van der Waals surface area contributed by atoms with Gasteiger partial charge in [-0.1, -0.05) is 49.6 Å². The van der Waals surface area contributed by atoms with Crippen LogP contribution in [0.25, 0.3) is 20.5 Å². The number of benzene rings is 2. The molecule has 2 nitrogen and oxygen atoms in total. The van der Waals surface area contributed by atoms with Gasteiger partial charge in [-0.05, 0) is 68.2 Å². The molecule has 0 fully saturated rings. The minimum atomic E-state index is 0.0848. The van der Waals surface area contributed by atoms with E-state index in [2.05, 4.69) is 50.3 Å². The maximum absolute atomic E-state index is 11.4. The summed E-state index contributed by atoms with van der Waals surface area (Å²) in [6.45, 7) is 4.34. The first kappa shape index (κ1) is 20.0. The van der Waals surface area contributed by atoms with Crippen molar-refractivity contribution in [3.05, 3.63) is 59.2 Å². The van der Waals surface area contributed by atoms with E-state index in [9.17, 15) is 10.2 Å². The summed E-state index contributed by atoms with van der Waals surface area (Å²) in [5, 5.41) is 23.5.